The maximum Gasteiger partial charge on any atom is 0.407 e. The maximum absolute atomic E-state index is 14.5. The number of alkyl carbamates (subject to hydrolysis) is 1. The molecule has 4 fully saturated rings. The highest BCUT2D eigenvalue weighted by Crippen LogP contribution is 2.32. The van der Waals surface area contributed by atoms with Crippen LogP contribution in [0, 0.1) is 17.6 Å². The number of fused-ring (bicyclic) bond motifs is 2. The molecule has 2 saturated carbocycles. The van der Waals surface area contributed by atoms with Crippen molar-refractivity contribution in [2.24, 2.45) is 5.92 Å². The SMILES string of the molecule is O=C(N[C@@H]1CCC[C@H](Nc2nc(-c3c[nH]c4ncc(Cl)cc34)ncc2F)C1)C1CCOC1.O=C(N[C@@H]1CCC[C@H](Nc2nc(-c3c[nH]c4ncc(Cl)cc34)ncc2F)C1)OC1CCOC1. The maximum atomic E-state index is 14.5. The zero-order chi connectivity index (χ0) is 44.9. The molecule has 6 N–H and O–H groups in total. The zero-order valence-electron chi connectivity index (χ0n) is 35.2. The lowest BCUT2D eigenvalue weighted by atomic mass is 9.90. The Morgan fingerprint density at radius 3 is 1.71 bits per heavy atom. The van der Waals surface area contributed by atoms with E-state index in [4.69, 9.17) is 37.4 Å². The Labute approximate surface area is 382 Å². The Morgan fingerprint density at radius 2 is 1.18 bits per heavy atom. The van der Waals surface area contributed by atoms with Crippen molar-refractivity contribution in [1.82, 2.24) is 50.5 Å². The second kappa shape index (κ2) is 20.2. The fourth-order valence-corrected chi connectivity index (χ4v) is 9.15. The molecular formula is C44H48Cl2F2N12O5. The van der Waals surface area contributed by atoms with E-state index in [9.17, 15) is 18.4 Å². The second-order valence-corrected chi connectivity index (χ2v) is 17.7. The highest BCUT2D eigenvalue weighted by molar-refractivity contribution is 6.31. The summed E-state index contributed by atoms with van der Waals surface area (Å²) in [5, 5.41) is 15.0. The molecule has 2 aliphatic heterocycles. The molecule has 0 bridgehead atoms. The van der Waals surface area contributed by atoms with Crippen LogP contribution in [0.2, 0.25) is 10.0 Å². The van der Waals surface area contributed by atoms with Crippen LogP contribution >= 0.6 is 23.2 Å². The van der Waals surface area contributed by atoms with Gasteiger partial charge in [-0.25, -0.2) is 43.5 Å². The molecule has 21 heteroatoms. The fraction of sp³-hybridized carbons (Fsp3) is 0.455. The van der Waals surface area contributed by atoms with Gasteiger partial charge in [0.15, 0.2) is 34.9 Å². The molecule has 65 heavy (non-hydrogen) atoms. The van der Waals surface area contributed by atoms with E-state index < -0.39 is 17.7 Å². The average Bonchev–Trinajstić information content (AvgIpc) is 4.15. The number of rotatable bonds is 10. The van der Waals surface area contributed by atoms with E-state index in [1.54, 1.807) is 36.9 Å². The number of amides is 2. The molecule has 2 amide bonds. The van der Waals surface area contributed by atoms with Crippen molar-refractivity contribution in [2.45, 2.75) is 94.5 Å². The Bertz CT molecular complexity index is 2640. The average molecular weight is 934 g/mol. The number of carbonyl (C=O) groups excluding carboxylic acids is 2. The fourth-order valence-electron chi connectivity index (χ4n) is 8.83. The number of pyridine rings is 2. The van der Waals surface area contributed by atoms with Crippen LogP contribution in [-0.4, -0.2) is 109 Å². The number of nitrogens with one attached hydrogen (secondary N) is 6. The molecule has 6 aromatic heterocycles. The van der Waals surface area contributed by atoms with E-state index in [-0.39, 0.29) is 53.7 Å². The van der Waals surface area contributed by atoms with Gasteiger partial charge in [0.25, 0.3) is 0 Å². The van der Waals surface area contributed by atoms with Gasteiger partial charge in [-0.1, -0.05) is 23.2 Å². The summed E-state index contributed by atoms with van der Waals surface area (Å²) in [7, 11) is 0. The standard InChI is InChI=1S/C22H24ClFN6O3.C22H24ClFN6O2/c23-12-6-16-17(9-26-19(16)25-8-12)20-27-10-18(24)21(30-20)28-13-2-1-3-14(7-13)29-22(31)33-15-4-5-32-11-15;23-13-6-16-17(9-26-19(16)25-8-13)20-27-10-18(24)21(30-20)28-14-2-1-3-15(7-14)29-22(31)12-4-5-32-11-12/h6,8-10,13-15H,1-5,7,11H2,(H,25,26)(H,29,31)(H,27,28,30);6,8-10,12,14-15H,1-5,7,11H2,(H,25,26)(H,29,31)(H,27,28,30)/t13-,14+,15?;12?,14-,15+/m00/s1. The quantitative estimate of drug-likeness (QED) is 0.0776. The minimum Gasteiger partial charge on any atom is -0.444 e. The van der Waals surface area contributed by atoms with Gasteiger partial charge < -0.3 is 45.4 Å². The molecule has 17 nitrogen and oxygen atoms in total. The van der Waals surface area contributed by atoms with Crippen LogP contribution in [0.1, 0.15) is 64.2 Å². The minimum atomic E-state index is -0.537. The normalized spacial score (nSPS) is 23.1. The molecule has 0 radical (unpaired) electrons. The van der Waals surface area contributed by atoms with Crippen LogP contribution in [-0.2, 0) is 19.0 Å². The van der Waals surface area contributed by atoms with Crippen molar-refractivity contribution in [3.05, 3.63) is 71.0 Å². The summed E-state index contributed by atoms with van der Waals surface area (Å²) >= 11 is 12.2. The first-order valence-electron chi connectivity index (χ1n) is 21.9. The molecule has 4 aliphatic rings. The van der Waals surface area contributed by atoms with Crippen LogP contribution in [0.4, 0.5) is 25.2 Å². The molecule has 10 rings (SSSR count). The van der Waals surface area contributed by atoms with Crippen LogP contribution in [0.5, 0.6) is 0 Å². The monoisotopic (exact) mass is 932 g/mol. The number of carbonyl (C=O) groups is 2. The summed E-state index contributed by atoms with van der Waals surface area (Å²) in [6.07, 6.45) is 16.4. The third kappa shape index (κ3) is 10.9. The number of H-pyrrole nitrogens is 2. The van der Waals surface area contributed by atoms with Gasteiger partial charge in [0.2, 0.25) is 5.91 Å². The summed E-state index contributed by atoms with van der Waals surface area (Å²) in [5.74, 6) is -0.0431. The van der Waals surface area contributed by atoms with Crippen molar-refractivity contribution < 1.29 is 32.6 Å². The predicted molar refractivity (Wildman–Crippen MR) is 239 cm³/mol. The number of hydrogen-bond donors (Lipinski definition) is 6. The van der Waals surface area contributed by atoms with Gasteiger partial charge >= 0.3 is 6.09 Å². The number of nitrogens with zero attached hydrogens (tertiary/aromatic N) is 6. The topological polar surface area (TPSA) is 219 Å². The smallest absolute Gasteiger partial charge is 0.407 e. The van der Waals surface area contributed by atoms with Crippen molar-refractivity contribution in [3.8, 4) is 22.8 Å². The van der Waals surface area contributed by atoms with E-state index in [1.807, 2.05) is 0 Å². The number of anilines is 2. The van der Waals surface area contributed by atoms with E-state index in [0.717, 1.165) is 68.3 Å². The first kappa shape index (κ1) is 44.4. The van der Waals surface area contributed by atoms with Crippen molar-refractivity contribution in [1.29, 1.82) is 0 Å². The second-order valence-electron chi connectivity index (χ2n) is 16.8. The Balaban J connectivity index is 0.000000164. The highest BCUT2D eigenvalue weighted by Gasteiger charge is 2.30. The van der Waals surface area contributed by atoms with Crippen molar-refractivity contribution in [3.63, 3.8) is 0 Å². The summed E-state index contributed by atoms with van der Waals surface area (Å²) in [5.41, 5.74) is 2.69. The number of halogens is 4. The van der Waals surface area contributed by atoms with Gasteiger partial charge in [0.1, 0.15) is 17.4 Å². The lowest BCUT2D eigenvalue weighted by Crippen LogP contribution is -2.44. The molecule has 8 heterocycles. The largest absolute Gasteiger partial charge is 0.444 e. The Hall–Kier alpha value is -5.76. The van der Waals surface area contributed by atoms with Crippen molar-refractivity contribution in [2.75, 3.05) is 37.1 Å². The van der Waals surface area contributed by atoms with Gasteiger partial charge in [-0.05, 0) is 69.9 Å². The van der Waals surface area contributed by atoms with Gasteiger partial charge in [0, 0.05) is 83.9 Å². The molecule has 0 aromatic carbocycles. The zero-order valence-corrected chi connectivity index (χ0v) is 36.7. The molecule has 2 aliphatic carbocycles. The van der Waals surface area contributed by atoms with Crippen molar-refractivity contribution >= 4 is 68.9 Å². The van der Waals surface area contributed by atoms with E-state index in [1.165, 1.54) is 6.20 Å². The first-order chi connectivity index (χ1) is 31.6. The molecule has 6 aromatic rings. The molecular weight excluding hydrogens is 885 g/mol. The third-order valence-corrected chi connectivity index (χ3v) is 12.5. The van der Waals surface area contributed by atoms with Gasteiger partial charge in [0.05, 0.1) is 48.2 Å². The van der Waals surface area contributed by atoms with E-state index in [0.29, 0.717) is 83.4 Å². The van der Waals surface area contributed by atoms with Crippen LogP contribution in [0.3, 0.4) is 0 Å². The Kier molecular flexibility index (Phi) is 13.8. The number of ether oxygens (including phenoxy) is 3. The van der Waals surface area contributed by atoms with Crippen LogP contribution < -0.4 is 21.3 Å². The molecule has 2 saturated heterocycles. The van der Waals surface area contributed by atoms with Gasteiger partial charge in [-0.15, -0.1) is 0 Å². The van der Waals surface area contributed by atoms with Gasteiger partial charge in [-0.3, -0.25) is 4.79 Å². The number of aromatic amines is 2. The minimum absolute atomic E-state index is 0.00482. The summed E-state index contributed by atoms with van der Waals surface area (Å²) in [4.78, 5) is 56.4. The van der Waals surface area contributed by atoms with E-state index in [2.05, 4.69) is 61.1 Å². The number of hydrogen-bond acceptors (Lipinski definition) is 13. The lowest BCUT2D eigenvalue weighted by Gasteiger charge is -2.31. The van der Waals surface area contributed by atoms with Crippen LogP contribution in [0.15, 0.2) is 49.3 Å². The number of aromatic nitrogens is 8. The Morgan fingerprint density at radius 1 is 0.662 bits per heavy atom. The van der Waals surface area contributed by atoms with Gasteiger partial charge in [-0.2, -0.15) is 0 Å². The summed E-state index contributed by atoms with van der Waals surface area (Å²) in [6.45, 7) is 2.18. The molecule has 2 unspecified atom stereocenters. The highest BCUT2D eigenvalue weighted by atomic mass is 35.5. The lowest BCUT2D eigenvalue weighted by molar-refractivity contribution is -0.125. The van der Waals surface area contributed by atoms with Crippen LogP contribution in [0.25, 0.3) is 44.8 Å². The first-order valence-corrected chi connectivity index (χ1v) is 22.6. The third-order valence-electron chi connectivity index (χ3n) is 12.1. The summed E-state index contributed by atoms with van der Waals surface area (Å²) < 4.78 is 45.0. The molecule has 6 atom stereocenters. The summed E-state index contributed by atoms with van der Waals surface area (Å²) in [6, 6.07) is 3.50. The molecule has 342 valence electrons. The van der Waals surface area contributed by atoms with E-state index >= 15 is 0 Å². The predicted octanol–water partition coefficient (Wildman–Crippen LogP) is 7.74. The molecule has 0 spiro atoms.